The van der Waals surface area contributed by atoms with Crippen molar-refractivity contribution in [3.63, 3.8) is 0 Å². The Labute approximate surface area is 121 Å². The van der Waals surface area contributed by atoms with Gasteiger partial charge in [-0.05, 0) is 48.8 Å². The van der Waals surface area contributed by atoms with Crippen LogP contribution in [0.15, 0.2) is 4.79 Å². The molecule has 0 bridgehead atoms. The first kappa shape index (κ1) is 13.1. The Hall–Kier alpha value is -0.870. The number of thiophene rings is 1. The lowest BCUT2D eigenvalue weighted by Crippen LogP contribution is -2.24. The van der Waals surface area contributed by atoms with Crippen LogP contribution in [-0.2, 0) is 19.4 Å². The van der Waals surface area contributed by atoms with Crippen molar-refractivity contribution in [2.75, 3.05) is 0 Å². The molecule has 102 valence electrons. The summed E-state index contributed by atoms with van der Waals surface area (Å²) in [5.41, 5.74) is 1.28. The fraction of sp³-hybridized carbons (Fsp3) is 0.571. The molecule has 0 N–H and O–H groups in total. The standard InChI is InChI=1S/C14H17ClN2OS/c1-8(2)7-17-13(18)11-9-5-3-4-6-10(9)19-12(11)16-14(17)15/h8H,3-7H2,1-2H3. The number of hydrogen-bond acceptors (Lipinski definition) is 3. The highest BCUT2D eigenvalue weighted by Gasteiger charge is 2.21. The van der Waals surface area contributed by atoms with E-state index in [4.69, 9.17) is 11.6 Å². The van der Waals surface area contributed by atoms with Gasteiger partial charge >= 0.3 is 0 Å². The maximum Gasteiger partial charge on any atom is 0.263 e. The molecule has 2 heterocycles. The van der Waals surface area contributed by atoms with Crippen LogP contribution in [0.5, 0.6) is 0 Å². The van der Waals surface area contributed by atoms with Gasteiger partial charge in [0.2, 0.25) is 5.28 Å². The van der Waals surface area contributed by atoms with Gasteiger partial charge in [0, 0.05) is 11.4 Å². The van der Waals surface area contributed by atoms with Crippen LogP contribution in [0.2, 0.25) is 5.28 Å². The molecule has 0 saturated heterocycles. The highest BCUT2D eigenvalue weighted by atomic mass is 35.5. The van der Waals surface area contributed by atoms with Crippen LogP contribution < -0.4 is 5.56 Å². The molecule has 3 rings (SSSR count). The summed E-state index contributed by atoms with van der Waals surface area (Å²) >= 11 is 7.82. The number of nitrogens with zero attached hydrogens (tertiary/aromatic N) is 2. The lowest BCUT2D eigenvalue weighted by molar-refractivity contribution is 0.509. The van der Waals surface area contributed by atoms with E-state index >= 15 is 0 Å². The van der Waals surface area contributed by atoms with Gasteiger partial charge in [-0.15, -0.1) is 11.3 Å². The molecule has 0 spiro atoms. The Morgan fingerprint density at radius 3 is 2.84 bits per heavy atom. The zero-order chi connectivity index (χ0) is 13.6. The smallest absolute Gasteiger partial charge is 0.263 e. The first-order valence-corrected chi connectivity index (χ1v) is 7.98. The Morgan fingerprint density at radius 1 is 1.37 bits per heavy atom. The predicted molar refractivity (Wildman–Crippen MR) is 80.4 cm³/mol. The molecule has 2 aromatic rings. The molecule has 0 aliphatic heterocycles. The van der Waals surface area contributed by atoms with Crippen molar-refractivity contribution in [1.29, 1.82) is 0 Å². The van der Waals surface area contributed by atoms with Crippen LogP contribution in [0.1, 0.15) is 37.1 Å². The molecule has 3 nitrogen and oxygen atoms in total. The molecule has 0 atom stereocenters. The summed E-state index contributed by atoms with van der Waals surface area (Å²) in [5.74, 6) is 0.379. The second-order valence-electron chi connectivity index (χ2n) is 5.58. The highest BCUT2D eigenvalue weighted by Crippen LogP contribution is 2.34. The van der Waals surface area contributed by atoms with Gasteiger partial charge in [0.1, 0.15) is 4.83 Å². The van der Waals surface area contributed by atoms with Crippen LogP contribution in [0.4, 0.5) is 0 Å². The van der Waals surface area contributed by atoms with Gasteiger partial charge in [-0.1, -0.05) is 13.8 Å². The quantitative estimate of drug-likeness (QED) is 0.793. The Bertz CT molecular complexity index is 687. The van der Waals surface area contributed by atoms with E-state index in [0.29, 0.717) is 17.7 Å². The average Bonchev–Trinajstić information content (AvgIpc) is 2.72. The van der Waals surface area contributed by atoms with E-state index in [9.17, 15) is 4.79 Å². The predicted octanol–water partition coefficient (Wildman–Crippen LogP) is 3.65. The van der Waals surface area contributed by atoms with E-state index in [1.165, 1.54) is 23.3 Å². The number of fused-ring (bicyclic) bond motifs is 3. The second-order valence-corrected chi connectivity index (χ2v) is 7.00. The first-order valence-electron chi connectivity index (χ1n) is 6.78. The number of hydrogen-bond donors (Lipinski definition) is 0. The third kappa shape index (κ3) is 2.21. The zero-order valence-corrected chi connectivity index (χ0v) is 12.8. The van der Waals surface area contributed by atoms with Crippen molar-refractivity contribution in [2.45, 2.75) is 46.1 Å². The van der Waals surface area contributed by atoms with Crippen LogP contribution in [-0.4, -0.2) is 9.55 Å². The topological polar surface area (TPSA) is 34.9 Å². The van der Waals surface area contributed by atoms with Crippen molar-refractivity contribution in [1.82, 2.24) is 9.55 Å². The van der Waals surface area contributed by atoms with Gasteiger partial charge in [0.15, 0.2) is 0 Å². The van der Waals surface area contributed by atoms with Crippen LogP contribution in [0, 0.1) is 5.92 Å². The summed E-state index contributed by atoms with van der Waals surface area (Å²) in [6, 6.07) is 0. The van der Waals surface area contributed by atoms with Crippen molar-refractivity contribution in [3.8, 4) is 0 Å². The van der Waals surface area contributed by atoms with Crippen LogP contribution >= 0.6 is 22.9 Å². The normalized spacial score (nSPS) is 15.2. The minimum absolute atomic E-state index is 0.0445. The van der Waals surface area contributed by atoms with Crippen molar-refractivity contribution < 1.29 is 0 Å². The van der Waals surface area contributed by atoms with Crippen LogP contribution in [0.3, 0.4) is 0 Å². The Balaban J connectivity index is 2.27. The summed E-state index contributed by atoms with van der Waals surface area (Å²) in [6.07, 6.45) is 4.48. The summed E-state index contributed by atoms with van der Waals surface area (Å²) in [5, 5.41) is 1.15. The van der Waals surface area contributed by atoms with E-state index in [1.807, 2.05) is 0 Å². The molecule has 2 aromatic heterocycles. The highest BCUT2D eigenvalue weighted by molar-refractivity contribution is 7.18. The molecule has 0 aromatic carbocycles. The molecule has 0 unspecified atom stereocenters. The number of halogens is 1. The van der Waals surface area contributed by atoms with E-state index in [1.54, 1.807) is 15.9 Å². The fourth-order valence-electron chi connectivity index (χ4n) is 2.74. The fourth-order valence-corrected chi connectivity index (χ4v) is 4.27. The van der Waals surface area contributed by atoms with E-state index in [0.717, 1.165) is 23.1 Å². The Kier molecular flexibility index (Phi) is 3.39. The summed E-state index contributed by atoms with van der Waals surface area (Å²) in [4.78, 5) is 19.3. The SMILES string of the molecule is CC(C)Cn1c(Cl)nc2sc3c(c2c1=O)CCCC3. The molecule has 0 radical (unpaired) electrons. The van der Waals surface area contributed by atoms with Crippen molar-refractivity contribution in [2.24, 2.45) is 5.92 Å². The minimum atomic E-state index is 0.0445. The number of aromatic nitrogens is 2. The molecule has 0 fully saturated rings. The van der Waals surface area contributed by atoms with Crippen molar-refractivity contribution >= 4 is 33.2 Å². The molecule has 1 aliphatic rings. The van der Waals surface area contributed by atoms with Crippen LogP contribution in [0.25, 0.3) is 10.2 Å². The summed E-state index contributed by atoms with van der Waals surface area (Å²) < 4.78 is 1.62. The third-order valence-corrected chi connectivity index (χ3v) is 5.05. The number of rotatable bonds is 2. The lowest BCUT2D eigenvalue weighted by Gasteiger charge is -2.12. The average molecular weight is 297 g/mol. The molecular weight excluding hydrogens is 280 g/mol. The van der Waals surface area contributed by atoms with Gasteiger partial charge < -0.3 is 0 Å². The maximum absolute atomic E-state index is 12.7. The Morgan fingerprint density at radius 2 is 2.11 bits per heavy atom. The second kappa shape index (κ2) is 4.91. The van der Waals surface area contributed by atoms with E-state index in [-0.39, 0.29) is 5.56 Å². The molecular formula is C14H17ClN2OS. The summed E-state index contributed by atoms with van der Waals surface area (Å²) in [6.45, 7) is 4.79. The lowest BCUT2D eigenvalue weighted by atomic mass is 9.97. The van der Waals surface area contributed by atoms with E-state index < -0.39 is 0 Å². The molecule has 5 heteroatoms. The first-order chi connectivity index (χ1) is 9.08. The van der Waals surface area contributed by atoms with E-state index in [2.05, 4.69) is 18.8 Å². The maximum atomic E-state index is 12.7. The molecule has 19 heavy (non-hydrogen) atoms. The molecule has 1 aliphatic carbocycles. The number of aryl methyl sites for hydroxylation is 2. The summed E-state index contributed by atoms with van der Waals surface area (Å²) in [7, 11) is 0. The zero-order valence-electron chi connectivity index (χ0n) is 11.2. The van der Waals surface area contributed by atoms with Gasteiger partial charge in [-0.3, -0.25) is 9.36 Å². The van der Waals surface area contributed by atoms with Gasteiger partial charge in [-0.25, -0.2) is 4.98 Å². The van der Waals surface area contributed by atoms with Gasteiger partial charge in [-0.2, -0.15) is 0 Å². The molecule has 0 saturated carbocycles. The van der Waals surface area contributed by atoms with Gasteiger partial charge in [0.05, 0.1) is 5.39 Å². The minimum Gasteiger partial charge on any atom is -0.282 e. The largest absolute Gasteiger partial charge is 0.282 e. The van der Waals surface area contributed by atoms with Gasteiger partial charge in [0.25, 0.3) is 5.56 Å². The third-order valence-electron chi connectivity index (χ3n) is 3.58. The van der Waals surface area contributed by atoms with Crippen molar-refractivity contribution in [3.05, 3.63) is 26.1 Å². The molecule has 0 amide bonds. The monoisotopic (exact) mass is 296 g/mol.